The van der Waals surface area contributed by atoms with E-state index in [1.54, 1.807) is 0 Å². The minimum atomic E-state index is -3.96. The average Bonchev–Trinajstić information content (AvgIpc) is 2.41. The van der Waals surface area contributed by atoms with Crippen molar-refractivity contribution in [3.8, 4) is 0 Å². The number of hydrogen-bond donors (Lipinski definition) is 3. The highest BCUT2D eigenvalue weighted by Crippen LogP contribution is 2.24. The zero-order valence-electron chi connectivity index (χ0n) is 11.3. The number of carbonyl (C=O) groups is 1. The van der Waals surface area contributed by atoms with Crippen LogP contribution in [-0.2, 0) is 14.8 Å². The molecule has 1 aromatic carbocycles. The third-order valence-corrected chi connectivity index (χ3v) is 4.80. The van der Waals surface area contributed by atoms with E-state index >= 15 is 0 Å². The maximum absolute atomic E-state index is 12.2. The molecule has 0 aliphatic rings. The Balaban J connectivity index is 2.80. The zero-order valence-corrected chi connectivity index (χ0v) is 13.6. The highest BCUT2D eigenvalue weighted by atomic mass is 35.5. The van der Waals surface area contributed by atoms with Crippen LogP contribution in [0.5, 0.6) is 0 Å². The Morgan fingerprint density at radius 2 is 2.05 bits per heavy atom. The molecule has 0 aliphatic heterocycles. The van der Waals surface area contributed by atoms with Gasteiger partial charge in [-0.1, -0.05) is 23.2 Å². The second-order valence-electron chi connectivity index (χ2n) is 4.29. The van der Waals surface area contributed by atoms with E-state index in [9.17, 15) is 13.2 Å². The van der Waals surface area contributed by atoms with Gasteiger partial charge in [-0.2, -0.15) is 4.72 Å². The molecular weight excluding hydrogens is 339 g/mol. The number of hydrogen-bond acceptors (Lipinski definition) is 4. The van der Waals surface area contributed by atoms with Gasteiger partial charge in [0.05, 0.1) is 11.1 Å². The monoisotopic (exact) mass is 354 g/mol. The predicted octanol–water partition coefficient (Wildman–Crippen LogP) is 1.16. The van der Waals surface area contributed by atoms with E-state index in [4.69, 9.17) is 28.3 Å². The lowest BCUT2D eigenvalue weighted by Gasteiger charge is -2.15. The Kier molecular flexibility index (Phi) is 6.89. The van der Waals surface area contributed by atoms with Crippen LogP contribution >= 0.6 is 23.2 Å². The largest absolute Gasteiger partial charge is 0.396 e. The fourth-order valence-electron chi connectivity index (χ4n) is 1.48. The quantitative estimate of drug-likeness (QED) is 0.640. The van der Waals surface area contributed by atoms with Gasteiger partial charge in [-0.15, -0.1) is 0 Å². The third kappa shape index (κ3) is 5.44. The van der Waals surface area contributed by atoms with Crippen molar-refractivity contribution in [1.82, 2.24) is 10.0 Å². The topological polar surface area (TPSA) is 95.5 Å². The molecule has 21 heavy (non-hydrogen) atoms. The van der Waals surface area contributed by atoms with Gasteiger partial charge in [0.1, 0.15) is 4.90 Å². The molecule has 1 atom stereocenters. The molecule has 0 saturated carbocycles. The number of amides is 1. The van der Waals surface area contributed by atoms with Crippen molar-refractivity contribution >= 4 is 39.1 Å². The van der Waals surface area contributed by atoms with E-state index in [-0.39, 0.29) is 28.1 Å². The summed E-state index contributed by atoms with van der Waals surface area (Å²) in [5.74, 6) is -0.495. The van der Waals surface area contributed by atoms with Gasteiger partial charge in [-0.25, -0.2) is 8.42 Å². The third-order valence-electron chi connectivity index (χ3n) is 2.54. The smallest absolute Gasteiger partial charge is 0.242 e. The molecule has 3 N–H and O–H groups in total. The van der Waals surface area contributed by atoms with Gasteiger partial charge in [0.2, 0.25) is 15.9 Å². The second-order valence-corrected chi connectivity index (χ2v) is 6.81. The summed E-state index contributed by atoms with van der Waals surface area (Å²) in [5.41, 5.74) is 0. The maximum atomic E-state index is 12.2. The molecule has 0 unspecified atom stereocenters. The van der Waals surface area contributed by atoms with E-state index in [0.717, 1.165) is 0 Å². The van der Waals surface area contributed by atoms with Crippen molar-refractivity contribution in [2.45, 2.75) is 24.3 Å². The lowest BCUT2D eigenvalue weighted by molar-refractivity contribution is -0.122. The van der Waals surface area contributed by atoms with Crippen molar-refractivity contribution in [2.24, 2.45) is 0 Å². The number of aliphatic hydroxyl groups is 1. The van der Waals surface area contributed by atoms with Crippen LogP contribution in [0.1, 0.15) is 13.3 Å². The number of sulfonamides is 1. The Morgan fingerprint density at radius 3 is 2.67 bits per heavy atom. The molecule has 0 saturated heterocycles. The van der Waals surface area contributed by atoms with E-state index in [2.05, 4.69) is 10.0 Å². The normalized spacial score (nSPS) is 13.0. The first-order chi connectivity index (χ1) is 9.77. The predicted molar refractivity (Wildman–Crippen MR) is 81.0 cm³/mol. The van der Waals surface area contributed by atoms with E-state index in [1.165, 1.54) is 25.1 Å². The zero-order chi connectivity index (χ0) is 16.0. The molecule has 9 heteroatoms. The number of benzene rings is 1. The SMILES string of the molecule is C[C@@H](NS(=O)(=O)c1cc(Cl)ccc1Cl)C(=O)NCCCO. The summed E-state index contributed by atoms with van der Waals surface area (Å²) in [6.45, 7) is 1.61. The summed E-state index contributed by atoms with van der Waals surface area (Å²) < 4.78 is 26.6. The van der Waals surface area contributed by atoms with E-state index in [1.807, 2.05) is 0 Å². The molecule has 0 aliphatic carbocycles. The van der Waals surface area contributed by atoms with Crippen LogP contribution in [0.3, 0.4) is 0 Å². The lowest BCUT2D eigenvalue weighted by Crippen LogP contribution is -2.45. The molecule has 1 amide bonds. The summed E-state index contributed by atoms with van der Waals surface area (Å²) >= 11 is 11.6. The minimum Gasteiger partial charge on any atom is -0.396 e. The number of carbonyl (C=O) groups excluding carboxylic acids is 1. The van der Waals surface area contributed by atoms with Gasteiger partial charge in [0, 0.05) is 18.2 Å². The number of halogens is 2. The molecule has 0 aromatic heterocycles. The summed E-state index contributed by atoms with van der Waals surface area (Å²) in [6.07, 6.45) is 0.394. The van der Waals surface area contributed by atoms with E-state index < -0.39 is 22.0 Å². The standard InChI is InChI=1S/C12H16Cl2N2O4S/c1-8(12(18)15-5-2-6-17)16-21(19,20)11-7-9(13)3-4-10(11)14/h3-4,7-8,16-17H,2,5-6H2,1H3,(H,15,18)/t8-/m1/s1. The molecule has 0 spiro atoms. The second kappa shape index (κ2) is 7.95. The first-order valence-corrected chi connectivity index (χ1v) is 8.38. The fraction of sp³-hybridized carbons (Fsp3) is 0.417. The molecule has 0 fully saturated rings. The highest BCUT2D eigenvalue weighted by molar-refractivity contribution is 7.89. The van der Waals surface area contributed by atoms with Gasteiger partial charge < -0.3 is 10.4 Å². The van der Waals surface area contributed by atoms with Gasteiger partial charge >= 0.3 is 0 Å². The van der Waals surface area contributed by atoms with Gasteiger partial charge in [0.15, 0.2) is 0 Å². The highest BCUT2D eigenvalue weighted by Gasteiger charge is 2.24. The van der Waals surface area contributed by atoms with Crippen LogP contribution < -0.4 is 10.0 Å². The molecule has 118 valence electrons. The van der Waals surface area contributed by atoms with Crippen LogP contribution in [0, 0.1) is 0 Å². The summed E-state index contributed by atoms with van der Waals surface area (Å²) in [6, 6.07) is 3.06. The fourth-order valence-corrected chi connectivity index (χ4v) is 3.44. The van der Waals surface area contributed by atoms with Crippen molar-refractivity contribution < 1.29 is 18.3 Å². The van der Waals surface area contributed by atoms with Gasteiger partial charge in [0.25, 0.3) is 0 Å². The molecule has 6 nitrogen and oxygen atoms in total. The van der Waals surface area contributed by atoms with Crippen LogP contribution in [0.2, 0.25) is 10.0 Å². The average molecular weight is 355 g/mol. The van der Waals surface area contributed by atoms with Crippen molar-refractivity contribution in [3.05, 3.63) is 28.2 Å². The van der Waals surface area contributed by atoms with Crippen LogP contribution in [0.4, 0.5) is 0 Å². The van der Waals surface area contributed by atoms with Crippen LogP contribution in [0.15, 0.2) is 23.1 Å². The van der Waals surface area contributed by atoms with Crippen LogP contribution in [-0.4, -0.2) is 38.6 Å². The number of rotatable bonds is 7. The maximum Gasteiger partial charge on any atom is 0.242 e. The molecule has 0 radical (unpaired) electrons. The Hall–Kier alpha value is -0.860. The molecular formula is C12H16Cl2N2O4S. The van der Waals surface area contributed by atoms with Gasteiger partial charge in [-0.3, -0.25) is 4.79 Å². The first kappa shape index (κ1) is 18.2. The number of aliphatic hydroxyl groups excluding tert-OH is 1. The Labute approximate surface area is 133 Å². The van der Waals surface area contributed by atoms with E-state index in [0.29, 0.717) is 6.42 Å². The molecule has 1 aromatic rings. The minimum absolute atomic E-state index is 0.0137. The number of nitrogens with one attached hydrogen (secondary N) is 2. The summed E-state index contributed by atoms with van der Waals surface area (Å²) in [7, 11) is -3.96. The van der Waals surface area contributed by atoms with Crippen molar-refractivity contribution in [2.75, 3.05) is 13.2 Å². The van der Waals surface area contributed by atoms with Crippen molar-refractivity contribution in [1.29, 1.82) is 0 Å². The van der Waals surface area contributed by atoms with Crippen LogP contribution in [0.25, 0.3) is 0 Å². The summed E-state index contributed by atoms with van der Waals surface area (Å²) in [5, 5.41) is 11.4. The Bertz CT molecular complexity index is 607. The Morgan fingerprint density at radius 1 is 1.38 bits per heavy atom. The lowest BCUT2D eigenvalue weighted by atomic mass is 10.3. The molecule has 0 bridgehead atoms. The summed E-state index contributed by atoms with van der Waals surface area (Å²) in [4.78, 5) is 11.5. The van der Waals surface area contributed by atoms with Gasteiger partial charge in [-0.05, 0) is 31.5 Å². The van der Waals surface area contributed by atoms with Crippen molar-refractivity contribution in [3.63, 3.8) is 0 Å². The molecule has 1 rings (SSSR count). The first-order valence-electron chi connectivity index (χ1n) is 6.14. The molecule has 0 heterocycles.